The predicted octanol–water partition coefficient (Wildman–Crippen LogP) is 3.35. The second-order valence-corrected chi connectivity index (χ2v) is 5.64. The Morgan fingerprint density at radius 2 is 2.35 bits per heavy atom. The normalized spacial score (nSPS) is 17.4. The van der Waals surface area contributed by atoms with Crippen LogP contribution in [0.25, 0.3) is 0 Å². The first-order valence-electron chi connectivity index (χ1n) is 6.56. The van der Waals surface area contributed by atoms with E-state index < -0.39 is 0 Å². The number of hydrogen-bond donors (Lipinski definition) is 2. The molecular formula is C14H20BrClN2O2. The Morgan fingerprint density at radius 3 is 3.00 bits per heavy atom. The monoisotopic (exact) mass is 362 g/mol. The Hall–Kier alpha value is -0.780. The van der Waals surface area contributed by atoms with E-state index in [1.165, 1.54) is 12.8 Å². The van der Waals surface area contributed by atoms with Crippen LogP contribution in [0.3, 0.4) is 0 Å². The molecule has 1 atom stereocenters. The molecule has 6 heteroatoms. The van der Waals surface area contributed by atoms with E-state index in [9.17, 15) is 4.79 Å². The molecule has 1 aliphatic heterocycles. The maximum Gasteiger partial charge on any atom is 0.224 e. The van der Waals surface area contributed by atoms with Crippen LogP contribution in [0, 0.1) is 0 Å². The first kappa shape index (κ1) is 17.3. The summed E-state index contributed by atoms with van der Waals surface area (Å²) in [7, 11) is 1.60. The Kier molecular flexibility index (Phi) is 7.34. The SMILES string of the molecule is COc1ccc(Br)cc1NC(=O)CCC1CCCN1.Cl. The summed E-state index contributed by atoms with van der Waals surface area (Å²) in [5, 5.41) is 6.30. The molecule has 1 fully saturated rings. The van der Waals surface area contributed by atoms with Crippen LogP contribution in [0.5, 0.6) is 5.75 Å². The minimum atomic E-state index is 0. The topological polar surface area (TPSA) is 50.4 Å². The molecule has 1 aromatic carbocycles. The van der Waals surface area contributed by atoms with E-state index in [1.54, 1.807) is 7.11 Å². The van der Waals surface area contributed by atoms with Gasteiger partial charge in [-0.25, -0.2) is 0 Å². The fraction of sp³-hybridized carbons (Fsp3) is 0.500. The van der Waals surface area contributed by atoms with Crippen LogP contribution < -0.4 is 15.4 Å². The van der Waals surface area contributed by atoms with Gasteiger partial charge in [0.2, 0.25) is 5.91 Å². The second-order valence-electron chi connectivity index (χ2n) is 4.72. The summed E-state index contributed by atoms with van der Waals surface area (Å²) < 4.78 is 6.15. The summed E-state index contributed by atoms with van der Waals surface area (Å²) >= 11 is 3.39. The number of methoxy groups -OCH3 is 1. The molecule has 20 heavy (non-hydrogen) atoms. The van der Waals surface area contributed by atoms with Gasteiger partial charge in [0.05, 0.1) is 12.8 Å². The standard InChI is InChI=1S/C14H19BrN2O2.ClH/c1-19-13-6-4-10(15)9-12(13)17-14(18)7-5-11-3-2-8-16-11;/h4,6,9,11,16H,2-3,5,7-8H2,1H3,(H,17,18);1H. The van der Waals surface area contributed by atoms with Crippen LogP contribution in [-0.4, -0.2) is 25.6 Å². The molecule has 1 heterocycles. The maximum atomic E-state index is 11.9. The first-order chi connectivity index (χ1) is 9.19. The molecule has 1 aromatic rings. The van der Waals surface area contributed by atoms with Crippen LogP contribution >= 0.6 is 28.3 Å². The highest BCUT2D eigenvalue weighted by atomic mass is 79.9. The van der Waals surface area contributed by atoms with Gasteiger partial charge < -0.3 is 15.4 Å². The zero-order chi connectivity index (χ0) is 13.7. The number of ether oxygens (including phenoxy) is 1. The number of amides is 1. The van der Waals surface area contributed by atoms with Gasteiger partial charge in [0.15, 0.2) is 0 Å². The fourth-order valence-electron chi connectivity index (χ4n) is 2.30. The van der Waals surface area contributed by atoms with Gasteiger partial charge in [-0.1, -0.05) is 15.9 Å². The van der Waals surface area contributed by atoms with Gasteiger partial charge in [0.25, 0.3) is 0 Å². The number of anilines is 1. The van der Waals surface area contributed by atoms with E-state index in [0.717, 1.165) is 17.4 Å². The number of benzene rings is 1. The lowest BCUT2D eigenvalue weighted by Gasteiger charge is -2.12. The second kappa shape index (κ2) is 8.49. The summed E-state index contributed by atoms with van der Waals surface area (Å²) in [4.78, 5) is 11.9. The third-order valence-corrected chi connectivity index (χ3v) is 3.81. The zero-order valence-electron chi connectivity index (χ0n) is 11.4. The van der Waals surface area contributed by atoms with Crippen molar-refractivity contribution in [3.8, 4) is 5.75 Å². The minimum absolute atomic E-state index is 0. The molecular weight excluding hydrogens is 344 g/mol. The molecule has 1 amide bonds. The largest absolute Gasteiger partial charge is 0.495 e. The van der Waals surface area contributed by atoms with E-state index in [0.29, 0.717) is 23.9 Å². The molecule has 0 radical (unpaired) electrons. The van der Waals surface area contributed by atoms with Crippen LogP contribution in [0.1, 0.15) is 25.7 Å². The number of carbonyl (C=O) groups excluding carboxylic acids is 1. The molecule has 1 saturated heterocycles. The summed E-state index contributed by atoms with van der Waals surface area (Å²) in [5.74, 6) is 0.709. The molecule has 0 spiro atoms. The molecule has 2 N–H and O–H groups in total. The van der Waals surface area contributed by atoms with Crippen molar-refractivity contribution in [3.05, 3.63) is 22.7 Å². The van der Waals surface area contributed by atoms with Crippen LogP contribution in [0.15, 0.2) is 22.7 Å². The predicted molar refractivity (Wildman–Crippen MR) is 86.8 cm³/mol. The first-order valence-corrected chi connectivity index (χ1v) is 7.35. The highest BCUT2D eigenvalue weighted by molar-refractivity contribution is 9.10. The van der Waals surface area contributed by atoms with Crippen molar-refractivity contribution in [1.82, 2.24) is 5.32 Å². The quantitative estimate of drug-likeness (QED) is 0.843. The Labute approximate surface area is 134 Å². The van der Waals surface area contributed by atoms with Gasteiger partial charge >= 0.3 is 0 Å². The highest BCUT2D eigenvalue weighted by Gasteiger charge is 2.16. The highest BCUT2D eigenvalue weighted by Crippen LogP contribution is 2.28. The minimum Gasteiger partial charge on any atom is -0.495 e. The summed E-state index contributed by atoms with van der Waals surface area (Å²) in [6.45, 7) is 1.08. The van der Waals surface area contributed by atoms with Gasteiger partial charge in [-0.2, -0.15) is 0 Å². The number of carbonyl (C=O) groups is 1. The lowest BCUT2D eigenvalue weighted by Crippen LogP contribution is -2.23. The van der Waals surface area contributed by atoms with E-state index in [4.69, 9.17) is 4.74 Å². The number of rotatable bonds is 5. The Balaban J connectivity index is 0.00000200. The fourth-order valence-corrected chi connectivity index (χ4v) is 2.66. The Morgan fingerprint density at radius 1 is 1.55 bits per heavy atom. The molecule has 0 bridgehead atoms. The van der Waals surface area contributed by atoms with E-state index in [1.807, 2.05) is 18.2 Å². The molecule has 2 rings (SSSR count). The van der Waals surface area contributed by atoms with Crippen LogP contribution in [0.4, 0.5) is 5.69 Å². The van der Waals surface area contributed by atoms with Gasteiger partial charge in [-0.15, -0.1) is 12.4 Å². The smallest absolute Gasteiger partial charge is 0.224 e. The van der Waals surface area contributed by atoms with Crippen molar-refractivity contribution >= 4 is 39.9 Å². The average Bonchev–Trinajstić information content (AvgIpc) is 2.90. The van der Waals surface area contributed by atoms with Crippen molar-refractivity contribution in [2.24, 2.45) is 0 Å². The van der Waals surface area contributed by atoms with Gasteiger partial charge in [0.1, 0.15) is 5.75 Å². The van der Waals surface area contributed by atoms with Crippen LogP contribution in [0.2, 0.25) is 0 Å². The van der Waals surface area contributed by atoms with Gasteiger partial charge in [0, 0.05) is 16.9 Å². The van der Waals surface area contributed by atoms with Gasteiger partial charge in [-0.3, -0.25) is 4.79 Å². The van der Waals surface area contributed by atoms with Crippen molar-refractivity contribution in [2.75, 3.05) is 19.0 Å². The van der Waals surface area contributed by atoms with E-state index in [2.05, 4.69) is 26.6 Å². The number of hydrogen-bond acceptors (Lipinski definition) is 3. The molecule has 1 unspecified atom stereocenters. The van der Waals surface area contributed by atoms with E-state index >= 15 is 0 Å². The molecule has 0 aromatic heterocycles. The molecule has 4 nitrogen and oxygen atoms in total. The van der Waals surface area contributed by atoms with Gasteiger partial charge in [-0.05, 0) is 44.0 Å². The summed E-state index contributed by atoms with van der Waals surface area (Å²) in [6.07, 6.45) is 3.81. The molecule has 0 saturated carbocycles. The number of halogens is 2. The van der Waals surface area contributed by atoms with Crippen molar-refractivity contribution in [3.63, 3.8) is 0 Å². The van der Waals surface area contributed by atoms with Crippen molar-refractivity contribution < 1.29 is 9.53 Å². The van der Waals surface area contributed by atoms with Crippen molar-refractivity contribution in [2.45, 2.75) is 31.7 Å². The summed E-state index contributed by atoms with van der Waals surface area (Å²) in [6, 6.07) is 6.06. The lowest BCUT2D eigenvalue weighted by molar-refractivity contribution is -0.116. The zero-order valence-corrected chi connectivity index (χ0v) is 13.9. The Bertz CT molecular complexity index is 451. The number of nitrogens with one attached hydrogen (secondary N) is 2. The van der Waals surface area contributed by atoms with Crippen LogP contribution in [-0.2, 0) is 4.79 Å². The molecule has 0 aliphatic carbocycles. The molecule has 112 valence electrons. The maximum absolute atomic E-state index is 11.9. The summed E-state index contributed by atoms with van der Waals surface area (Å²) in [5.41, 5.74) is 0.709. The third-order valence-electron chi connectivity index (χ3n) is 3.32. The average molecular weight is 364 g/mol. The lowest BCUT2D eigenvalue weighted by atomic mass is 10.1. The van der Waals surface area contributed by atoms with E-state index in [-0.39, 0.29) is 18.3 Å². The molecule has 1 aliphatic rings. The van der Waals surface area contributed by atoms with Crippen molar-refractivity contribution in [1.29, 1.82) is 0 Å². The third kappa shape index (κ3) is 4.96.